The van der Waals surface area contributed by atoms with Crippen LogP contribution in [0.4, 0.5) is 0 Å². The zero-order chi connectivity index (χ0) is 13.1. The lowest BCUT2D eigenvalue weighted by molar-refractivity contribution is -0.147. The fourth-order valence-corrected chi connectivity index (χ4v) is 1.21. The van der Waals surface area contributed by atoms with E-state index in [4.69, 9.17) is 5.11 Å². The van der Waals surface area contributed by atoms with Gasteiger partial charge in [-0.3, -0.25) is 4.79 Å². The van der Waals surface area contributed by atoms with Crippen LogP contribution in [0.15, 0.2) is 12.7 Å². The lowest BCUT2D eigenvalue weighted by Crippen LogP contribution is -2.53. The van der Waals surface area contributed by atoms with E-state index < -0.39 is 23.5 Å². The first-order valence-corrected chi connectivity index (χ1v) is 5.30. The number of nitrogens with one attached hydrogen (secondary N) is 1. The van der Waals surface area contributed by atoms with Gasteiger partial charge in [-0.15, -0.1) is 0 Å². The highest BCUT2D eigenvalue weighted by molar-refractivity contribution is 5.88. The van der Waals surface area contributed by atoms with Gasteiger partial charge in [-0.05, 0) is 20.3 Å². The minimum Gasteiger partial charge on any atom is -0.480 e. The molecule has 1 aromatic heterocycles. The Balaban J connectivity index is 2.75. The molecule has 94 valence electrons. The lowest BCUT2D eigenvalue weighted by atomic mass is 9.99. The standard InChI is InChI=1S/C10H16N4O3/c1-4-10(3,9(16)17)13-8(15)7(2)14-6-11-5-12-14/h5-7H,4H2,1-3H3,(H,13,15)(H,16,17). The van der Waals surface area contributed by atoms with Crippen LogP contribution in [-0.2, 0) is 9.59 Å². The van der Waals surface area contributed by atoms with Gasteiger partial charge in [0.15, 0.2) is 0 Å². The van der Waals surface area contributed by atoms with Crippen molar-refractivity contribution in [3.05, 3.63) is 12.7 Å². The van der Waals surface area contributed by atoms with Gasteiger partial charge in [0.05, 0.1) is 0 Å². The molecular formula is C10H16N4O3. The van der Waals surface area contributed by atoms with E-state index in [-0.39, 0.29) is 0 Å². The van der Waals surface area contributed by atoms with Crippen molar-refractivity contribution in [2.75, 3.05) is 0 Å². The third-order valence-corrected chi connectivity index (χ3v) is 2.79. The second kappa shape index (κ2) is 4.94. The van der Waals surface area contributed by atoms with Crippen LogP contribution in [0, 0.1) is 0 Å². The monoisotopic (exact) mass is 240 g/mol. The first-order valence-electron chi connectivity index (χ1n) is 5.30. The molecule has 0 bridgehead atoms. The van der Waals surface area contributed by atoms with Crippen LogP contribution in [0.1, 0.15) is 33.2 Å². The number of carboxylic acids is 1. The molecule has 1 amide bonds. The molecule has 0 aliphatic carbocycles. The summed E-state index contributed by atoms with van der Waals surface area (Å²) in [4.78, 5) is 26.6. The van der Waals surface area contributed by atoms with Gasteiger partial charge in [-0.2, -0.15) is 5.10 Å². The topological polar surface area (TPSA) is 97.1 Å². The largest absolute Gasteiger partial charge is 0.480 e. The summed E-state index contributed by atoms with van der Waals surface area (Å²) >= 11 is 0. The van der Waals surface area contributed by atoms with Crippen molar-refractivity contribution in [1.82, 2.24) is 20.1 Å². The van der Waals surface area contributed by atoms with Crippen LogP contribution in [0.5, 0.6) is 0 Å². The number of amides is 1. The third kappa shape index (κ3) is 2.80. The molecule has 7 heteroatoms. The van der Waals surface area contributed by atoms with E-state index in [1.807, 2.05) is 0 Å². The summed E-state index contributed by atoms with van der Waals surface area (Å²) in [7, 11) is 0. The molecule has 2 N–H and O–H groups in total. The van der Waals surface area contributed by atoms with E-state index in [9.17, 15) is 9.59 Å². The molecule has 2 atom stereocenters. The molecule has 1 heterocycles. The van der Waals surface area contributed by atoms with Gasteiger partial charge in [-0.25, -0.2) is 14.5 Å². The number of hydrogen-bond donors (Lipinski definition) is 2. The molecule has 0 aromatic carbocycles. The van der Waals surface area contributed by atoms with Crippen molar-refractivity contribution in [3.8, 4) is 0 Å². The average molecular weight is 240 g/mol. The predicted octanol–water partition coefficient (Wildman–Crippen LogP) is 0.209. The summed E-state index contributed by atoms with van der Waals surface area (Å²) in [6, 6.07) is -0.595. The van der Waals surface area contributed by atoms with Crippen molar-refractivity contribution < 1.29 is 14.7 Å². The SMILES string of the molecule is CCC(C)(NC(=O)C(C)n1cncn1)C(=O)O. The molecule has 0 spiro atoms. The number of rotatable bonds is 5. The van der Waals surface area contributed by atoms with E-state index >= 15 is 0 Å². The van der Waals surface area contributed by atoms with E-state index in [0.29, 0.717) is 6.42 Å². The van der Waals surface area contributed by atoms with E-state index in [1.165, 1.54) is 24.3 Å². The zero-order valence-corrected chi connectivity index (χ0v) is 10.0. The molecule has 7 nitrogen and oxygen atoms in total. The maximum Gasteiger partial charge on any atom is 0.329 e. The molecule has 0 radical (unpaired) electrons. The minimum absolute atomic E-state index is 0.304. The van der Waals surface area contributed by atoms with Gasteiger partial charge in [0.1, 0.15) is 24.2 Å². The van der Waals surface area contributed by atoms with Gasteiger partial charge in [0.25, 0.3) is 0 Å². The molecule has 0 fully saturated rings. The maximum atomic E-state index is 11.9. The van der Waals surface area contributed by atoms with Gasteiger partial charge in [-0.1, -0.05) is 6.92 Å². The van der Waals surface area contributed by atoms with Crippen LogP contribution in [0.25, 0.3) is 0 Å². The van der Waals surface area contributed by atoms with Crippen LogP contribution in [0.2, 0.25) is 0 Å². The maximum absolute atomic E-state index is 11.9. The number of aliphatic carboxylic acids is 1. The molecule has 0 aliphatic rings. The van der Waals surface area contributed by atoms with Crippen molar-refractivity contribution in [2.45, 2.75) is 38.8 Å². The third-order valence-electron chi connectivity index (χ3n) is 2.79. The Morgan fingerprint density at radius 2 is 2.24 bits per heavy atom. The van der Waals surface area contributed by atoms with E-state index in [1.54, 1.807) is 13.8 Å². The van der Waals surface area contributed by atoms with Crippen LogP contribution in [-0.4, -0.2) is 37.3 Å². The Morgan fingerprint density at radius 1 is 1.59 bits per heavy atom. The molecule has 1 aromatic rings. The number of nitrogens with zero attached hydrogens (tertiary/aromatic N) is 3. The van der Waals surface area contributed by atoms with Crippen LogP contribution >= 0.6 is 0 Å². The predicted molar refractivity (Wildman–Crippen MR) is 59.2 cm³/mol. The molecule has 2 unspecified atom stereocenters. The zero-order valence-electron chi connectivity index (χ0n) is 10.0. The Kier molecular flexibility index (Phi) is 3.82. The summed E-state index contributed by atoms with van der Waals surface area (Å²) in [5.41, 5.74) is -1.26. The van der Waals surface area contributed by atoms with Crippen LogP contribution in [0.3, 0.4) is 0 Å². The summed E-state index contributed by atoms with van der Waals surface area (Å²) in [6.07, 6.45) is 3.03. The highest BCUT2D eigenvalue weighted by atomic mass is 16.4. The van der Waals surface area contributed by atoms with E-state index in [2.05, 4.69) is 15.4 Å². The number of aromatic nitrogens is 3. The Hall–Kier alpha value is -1.92. The molecular weight excluding hydrogens is 224 g/mol. The van der Waals surface area contributed by atoms with Gasteiger partial charge in [0, 0.05) is 0 Å². The molecule has 0 saturated heterocycles. The summed E-state index contributed by atoms with van der Waals surface area (Å²) < 4.78 is 1.37. The normalized spacial score (nSPS) is 15.9. The summed E-state index contributed by atoms with van der Waals surface area (Å²) in [6.45, 7) is 4.80. The van der Waals surface area contributed by atoms with Crippen molar-refractivity contribution in [2.24, 2.45) is 0 Å². The first-order chi connectivity index (χ1) is 7.90. The first kappa shape index (κ1) is 13.1. The van der Waals surface area contributed by atoms with Crippen molar-refractivity contribution >= 4 is 11.9 Å². The second-order valence-corrected chi connectivity index (χ2v) is 4.03. The molecule has 1 rings (SSSR count). The quantitative estimate of drug-likeness (QED) is 0.766. The summed E-state index contributed by atoms with van der Waals surface area (Å²) in [5, 5.41) is 15.4. The lowest BCUT2D eigenvalue weighted by Gasteiger charge is -2.26. The summed E-state index contributed by atoms with van der Waals surface area (Å²) in [5.74, 6) is -1.46. The smallest absolute Gasteiger partial charge is 0.329 e. The van der Waals surface area contributed by atoms with Gasteiger partial charge in [0.2, 0.25) is 5.91 Å². The van der Waals surface area contributed by atoms with Crippen molar-refractivity contribution in [1.29, 1.82) is 0 Å². The van der Waals surface area contributed by atoms with E-state index in [0.717, 1.165) is 0 Å². The average Bonchev–Trinajstić information content (AvgIpc) is 2.80. The number of hydrogen-bond acceptors (Lipinski definition) is 4. The van der Waals surface area contributed by atoms with Crippen LogP contribution < -0.4 is 5.32 Å². The number of carbonyl (C=O) groups is 2. The Morgan fingerprint density at radius 3 is 2.65 bits per heavy atom. The highest BCUT2D eigenvalue weighted by Crippen LogP contribution is 2.12. The Bertz CT molecular complexity index is 404. The Labute approximate surface area is 98.8 Å². The van der Waals surface area contributed by atoms with Gasteiger partial charge < -0.3 is 10.4 Å². The second-order valence-electron chi connectivity index (χ2n) is 4.03. The fraction of sp³-hybridized carbons (Fsp3) is 0.600. The minimum atomic E-state index is -1.26. The van der Waals surface area contributed by atoms with Crippen molar-refractivity contribution in [3.63, 3.8) is 0 Å². The van der Waals surface area contributed by atoms with Gasteiger partial charge >= 0.3 is 5.97 Å². The highest BCUT2D eigenvalue weighted by Gasteiger charge is 2.34. The molecule has 17 heavy (non-hydrogen) atoms. The number of carbonyl (C=O) groups excluding carboxylic acids is 1. The fourth-order valence-electron chi connectivity index (χ4n) is 1.21. The molecule has 0 saturated carbocycles. The number of carboxylic acid groups (broad SMARTS) is 1. The molecule has 0 aliphatic heterocycles.